The second-order valence-electron chi connectivity index (χ2n) is 7.79. The Morgan fingerprint density at radius 1 is 1.10 bits per heavy atom. The van der Waals surface area contributed by atoms with Crippen LogP contribution in [0.5, 0.6) is 0 Å². The molecule has 1 unspecified atom stereocenters. The molecular formula is C19H29NO. The first kappa shape index (κ1) is 15.1. The number of rotatable bonds is 3. The van der Waals surface area contributed by atoms with Crippen LogP contribution in [0.4, 0.5) is 0 Å². The third kappa shape index (κ3) is 3.17. The van der Waals surface area contributed by atoms with Crippen molar-refractivity contribution in [2.75, 3.05) is 6.54 Å². The van der Waals surface area contributed by atoms with E-state index < -0.39 is 5.60 Å². The minimum atomic E-state index is -0.485. The zero-order valence-electron chi connectivity index (χ0n) is 13.5. The summed E-state index contributed by atoms with van der Waals surface area (Å²) in [7, 11) is 0. The van der Waals surface area contributed by atoms with Gasteiger partial charge in [0.05, 0.1) is 5.60 Å². The van der Waals surface area contributed by atoms with E-state index in [0.717, 1.165) is 19.4 Å². The molecule has 3 rings (SSSR count). The molecule has 1 fully saturated rings. The van der Waals surface area contributed by atoms with Gasteiger partial charge in [-0.15, -0.1) is 0 Å². The van der Waals surface area contributed by atoms with Gasteiger partial charge in [-0.05, 0) is 42.2 Å². The molecule has 0 amide bonds. The number of benzene rings is 1. The fraction of sp³-hybridized carbons (Fsp3) is 0.684. The molecule has 2 aliphatic carbocycles. The highest BCUT2D eigenvalue weighted by Crippen LogP contribution is 2.43. The SMILES string of the molecule is CC1(C)CCc2ccccc2C1NCC1(O)CCCCC1. The third-order valence-electron chi connectivity index (χ3n) is 5.61. The van der Waals surface area contributed by atoms with Gasteiger partial charge in [0.15, 0.2) is 0 Å². The molecular weight excluding hydrogens is 258 g/mol. The summed E-state index contributed by atoms with van der Waals surface area (Å²) >= 11 is 0. The van der Waals surface area contributed by atoms with E-state index in [9.17, 15) is 5.11 Å². The molecule has 1 saturated carbocycles. The molecule has 21 heavy (non-hydrogen) atoms. The monoisotopic (exact) mass is 287 g/mol. The maximum atomic E-state index is 10.8. The molecule has 116 valence electrons. The molecule has 1 atom stereocenters. The molecule has 0 radical (unpaired) electrons. The number of hydrogen-bond acceptors (Lipinski definition) is 2. The summed E-state index contributed by atoms with van der Waals surface area (Å²) in [6.07, 6.45) is 7.90. The lowest BCUT2D eigenvalue weighted by Crippen LogP contribution is -2.47. The van der Waals surface area contributed by atoms with Crippen molar-refractivity contribution < 1.29 is 5.11 Å². The second kappa shape index (κ2) is 5.73. The van der Waals surface area contributed by atoms with Crippen LogP contribution in [0.1, 0.15) is 69.5 Å². The van der Waals surface area contributed by atoms with Crippen LogP contribution >= 0.6 is 0 Å². The van der Waals surface area contributed by atoms with Crippen molar-refractivity contribution in [3.8, 4) is 0 Å². The van der Waals surface area contributed by atoms with Crippen molar-refractivity contribution in [1.82, 2.24) is 5.32 Å². The lowest BCUT2D eigenvalue weighted by atomic mass is 9.70. The van der Waals surface area contributed by atoms with E-state index in [1.807, 2.05) is 0 Å². The van der Waals surface area contributed by atoms with Gasteiger partial charge < -0.3 is 10.4 Å². The van der Waals surface area contributed by atoms with Crippen LogP contribution in [-0.2, 0) is 6.42 Å². The summed E-state index contributed by atoms with van der Waals surface area (Å²) < 4.78 is 0. The highest BCUT2D eigenvalue weighted by atomic mass is 16.3. The molecule has 0 heterocycles. The van der Waals surface area contributed by atoms with E-state index in [1.165, 1.54) is 43.2 Å². The van der Waals surface area contributed by atoms with Gasteiger partial charge >= 0.3 is 0 Å². The zero-order valence-corrected chi connectivity index (χ0v) is 13.5. The Kier molecular flexibility index (Phi) is 4.11. The van der Waals surface area contributed by atoms with Crippen molar-refractivity contribution in [2.45, 2.75) is 70.4 Å². The number of nitrogens with one attached hydrogen (secondary N) is 1. The Balaban J connectivity index is 1.76. The van der Waals surface area contributed by atoms with Gasteiger partial charge in [0.1, 0.15) is 0 Å². The molecule has 1 aromatic rings. The minimum absolute atomic E-state index is 0.249. The van der Waals surface area contributed by atoms with Crippen molar-refractivity contribution in [2.24, 2.45) is 5.41 Å². The van der Waals surface area contributed by atoms with Gasteiger partial charge in [0.25, 0.3) is 0 Å². The molecule has 0 aliphatic heterocycles. The summed E-state index contributed by atoms with van der Waals surface area (Å²) in [4.78, 5) is 0. The highest BCUT2D eigenvalue weighted by molar-refractivity contribution is 5.34. The van der Waals surface area contributed by atoms with E-state index >= 15 is 0 Å². The van der Waals surface area contributed by atoms with Crippen molar-refractivity contribution in [3.05, 3.63) is 35.4 Å². The average Bonchev–Trinajstić information content (AvgIpc) is 2.46. The largest absolute Gasteiger partial charge is 0.389 e. The first-order valence-electron chi connectivity index (χ1n) is 8.54. The Morgan fingerprint density at radius 3 is 2.57 bits per heavy atom. The summed E-state index contributed by atoms with van der Waals surface area (Å²) in [6, 6.07) is 9.16. The molecule has 2 nitrogen and oxygen atoms in total. The molecule has 2 N–H and O–H groups in total. The first-order chi connectivity index (χ1) is 10.0. The number of fused-ring (bicyclic) bond motifs is 1. The van der Waals surface area contributed by atoms with Gasteiger partial charge in [0, 0.05) is 12.6 Å². The van der Waals surface area contributed by atoms with Crippen molar-refractivity contribution in [1.29, 1.82) is 0 Å². The average molecular weight is 287 g/mol. The number of aryl methyl sites for hydroxylation is 1. The normalized spacial score (nSPS) is 27.1. The minimum Gasteiger partial charge on any atom is -0.389 e. The lowest BCUT2D eigenvalue weighted by molar-refractivity contribution is -0.00223. The maximum absolute atomic E-state index is 10.8. The van der Waals surface area contributed by atoms with Crippen LogP contribution in [-0.4, -0.2) is 17.3 Å². The standard InChI is InChI=1S/C19H29NO/c1-18(2)13-10-15-8-4-5-9-16(15)17(18)20-14-19(21)11-6-3-7-12-19/h4-5,8-9,17,20-21H,3,6-7,10-14H2,1-2H3. The van der Waals surface area contributed by atoms with Gasteiger partial charge in [-0.25, -0.2) is 0 Å². The Bertz CT molecular complexity index is 488. The van der Waals surface area contributed by atoms with E-state index in [1.54, 1.807) is 0 Å². The Hall–Kier alpha value is -0.860. The molecule has 2 heteroatoms. The fourth-order valence-electron chi connectivity index (χ4n) is 4.13. The quantitative estimate of drug-likeness (QED) is 0.881. The molecule has 0 saturated heterocycles. The van der Waals surface area contributed by atoms with E-state index in [2.05, 4.69) is 43.4 Å². The Labute approximate surface area is 129 Å². The second-order valence-corrected chi connectivity index (χ2v) is 7.79. The summed E-state index contributed by atoms with van der Waals surface area (Å²) in [5.74, 6) is 0. The van der Waals surface area contributed by atoms with Crippen LogP contribution in [0.3, 0.4) is 0 Å². The fourth-order valence-corrected chi connectivity index (χ4v) is 4.13. The van der Waals surface area contributed by atoms with Crippen LogP contribution < -0.4 is 5.32 Å². The summed E-state index contributed by atoms with van der Waals surface area (Å²) in [6.45, 7) is 5.44. The molecule has 2 aliphatic rings. The Morgan fingerprint density at radius 2 is 1.81 bits per heavy atom. The van der Waals surface area contributed by atoms with Gasteiger partial charge in [0.2, 0.25) is 0 Å². The maximum Gasteiger partial charge on any atom is 0.0771 e. The highest BCUT2D eigenvalue weighted by Gasteiger charge is 2.37. The topological polar surface area (TPSA) is 32.3 Å². The summed E-state index contributed by atoms with van der Waals surface area (Å²) in [5.41, 5.74) is 2.68. The smallest absolute Gasteiger partial charge is 0.0771 e. The van der Waals surface area contributed by atoms with Crippen LogP contribution in [0.2, 0.25) is 0 Å². The van der Waals surface area contributed by atoms with E-state index in [0.29, 0.717) is 6.04 Å². The van der Waals surface area contributed by atoms with Crippen LogP contribution in [0.25, 0.3) is 0 Å². The zero-order chi connectivity index (χ0) is 14.9. The van der Waals surface area contributed by atoms with E-state index in [-0.39, 0.29) is 5.41 Å². The van der Waals surface area contributed by atoms with Gasteiger partial charge in [-0.2, -0.15) is 0 Å². The summed E-state index contributed by atoms with van der Waals surface area (Å²) in [5, 5.41) is 14.5. The number of hydrogen-bond donors (Lipinski definition) is 2. The molecule has 0 aromatic heterocycles. The molecule has 0 spiro atoms. The lowest BCUT2D eigenvalue weighted by Gasteiger charge is -2.43. The predicted molar refractivity (Wildman–Crippen MR) is 87.3 cm³/mol. The molecule has 1 aromatic carbocycles. The van der Waals surface area contributed by atoms with Crippen molar-refractivity contribution >= 4 is 0 Å². The van der Waals surface area contributed by atoms with Gasteiger partial charge in [-0.1, -0.05) is 57.4 Å². The van der Waals surface area contributed by atoms with Crippen molar-refractivity contribution in [3.63, 3.8) is 0 Å². The van der Waals surface area contributed by atoms with Crippen LogP contribution in [0, 0.1) is 5.41 Å². The third-order valence-corrected chi connectivity index (χ3v) is 5.61. The predicted octanol–water partition coefficient (Wildman–Crippen LogP) is 3.98. The first-order valence-corrected chi connectivity index (χ1v) is 8.54. The van der Waals surface area contributed by atoms with E-state index in [4.69, 9.17) is 0 Å². The van der Waals surface area contributed by atoms with Gasteiger partial charge in [-0.3, -0.25) is 0 Å². The number of aliphatic hydroxyl groups is 1. The molecule has 0 bridgehead atoms. The van der Waals surface area contributed by atoms with Crippen LogP contribution in [0.15, 0.2) is 24.3 Å².